The highest BCUT2D eigenvalue weighted by atomic mass is 16.2. The van der Waals surface area contributed by atoms with Crippen LogP contribution in [0.25, 0.3) is 5.57 Å². The minimum Gasteiger partial charge on any atom is -0.294 e. The number of hydrogen-bond acceptors (Lipinski definition) is 3. The van der Waals surface area contributed by atoms with Crippen LogP contribution < -0.4 is 0 Å². The van der Waals surface area contributed by atoms with Crippen molar-refractivity contribution in [3.05, 3.63) is 75.9 Å². The second kappa shape index (κ2) is 10.7. The molecule has 2 aromatic rings. The van der Waals surface area contributed by atoms with Crippen molar-refractivity contribution in [3.8, 4) is 0 Å². The molecule has 2 aromatic carbocycles. The first-order valence-electron chi connectivity index (χ1n) is 13.6. The number of ketones is 3. The van der Waals surface area contributed by atoms with E-state index in [4.69, 9.17) is 0 Å². The summed E-state index contributed by atoms with van der Waals surface area (Å²) < 4.78 is 0. The average molecular weight is 485 g/mol. The van der Waals surface area contributed by atoms with E-state index < -0.39 is 5.78 Å². The van der Waals surface area contributed by atoms with Gasteiger partial charge in [-0.1, -0.05) is 69.7 Å². The lowest BCUT2D eigenvalue weighted by Gasteiger charge is -2.28. The summed E-state index contributed by atoms with van der Waals surface area (Å²) in [7, 11) is 0. The number of allylic oxidation sites excluding steroid dienone is 2. The summed E-state index contributed by atoms with van der Waals surface area (Å²) in [4.78, 5) is 39.3. The van der Waals surface area contributed by atoms with Gasteiger partial charge in [0.25, 0.3) is 0 Å². The van der Waals surface area contributed by atoms with Gasteiger partial charge in [-0.25, -0.2) is 0 Å². The monoisotopic (exact) mass is 484 g/mol. The van der Waals surface area contributed by atoms with Gasteiger partial charge in [-0.15, -0.1) is 0 Å². The van der Waals surface area contributed by atoms with Crippen LogP contribution in [0.2, 0.25) is 0 Å². The molecule has 36 heavy (non-hydrogen) atoms. The van der Waals surface area contributed by atoms with E-state index >= 15 is 0 Å². The molecule has 0 radical (unpaired) electrons. The summed E-state index contributed by atoms with van der Waals surface area (Å²) in [6.45, 7) is 11.9. The molecule has 1 unspecified atom stereocenters. The van der Waals surface area contributed by atoms with E-state index in [2.05, 4.69) is 51.1 Å². The van der Waals surface area contributed by atoms with Gasteiger partial charge < -0.3 is 0 Å². The van der Waals surface area contributed by atoms with Gasteiger partial charge in [0.05, 0.1) is 0 Å². The predicted molar refractivity (Wildman–Crippen MR) is 146 cm³/mol. The molecule has 1 saturated carbocycles. The van der Waals surface area contributed by atoms with Crippen LogP contribution in [-0.4, -0.2) is 17.3 Å². The van der Waals surface area contributed by atoms with Crippen molar-refractivity contribution in [2.45, 2.75) is 79.6 Å². The zero-order chi connectivity index (χ0) is 26.1. The molecular formula is C33H40O3. The number of carbonyl (C=O) groups is 3. The smallest absolute Gasteiger partial charge is 0.229 e. The fraction of sp³-hybridized carbons (Fsp3) is 0.485. The maximum atomic E-state index is 13.7. The molecule has 3 nitrogen and oxygen atoms in total. The van der Waals surface area contributed by atoms with Crippen LogP contribution in [0.15, 0.2) is 42.5 Å². The van der Waals surface area contributed by atoms with Gasteiger partial charge in [-0.05, 0) is 86.1 Å². The fourth-order valence-electron chi connectivity index (χ4n) is 5.91. The number of benzene rings is 2. The first-order valence-corrected chi connectivity index (χ1v) is 13.6. The van der Waals surface area contributed by atoms with Crippen molar-refractivity contribution >= 4 is 22.9 Å². The summed E-state index contributed by atoms with van der Waals surface area (Å²) in [5, 5.41) is 0. The third-order valence-corrected chi connectivity index (χ3v) is 8.23. The maximum absolute atomic E-state index is 13.7. The fourth-order valence-corrected chi connectivity index (χ4v) is 5.91. The molecule has 0 heterocycles. The lowest BCUT2D eigenvalue weighted by atomic mass is 9.75. The van der Waals surface area contributed by atoms with Gasteiger partial charge in [0.15, 0.2) is 5.78 Å². The molecule has 0 spiro atoms. The summed E-state index contributed by atoms with van der Waals surface area (Å²) in [6.07, 6.45) is 6.99. The van der Waals surface area contributed by atoms with Crippen molar-refractivity contribution in [1.29, 1.82) is 0 Å². The largest absolute Gasteiger partial charge is 0.294 e. The number of rotatable bonds is 8. The standard InChI is InChI=1S/C33H40O3/c1-19(2)26-17-30(33(36)31(34)20(3)4)29-18-27(22(6)15-28(26)29)32(35)25-13-11-24(12-14-25)16-23-9-7-21(5)8-10-23/h7-10,15,17-20,24-26H,11-14,16H2,1-6H3. The van der Waals surface area contributed by atoms with Crippen LogP contribution in [0.5, 0.6) is 0 Å². The topological polar surface area (TPSA) is 51.2 Å². The van der Waals surface area contributed by atoms with Crippen LogP contribution in [-0.2, 0) is 16.0 Å². The highest BCUT2D eigenvalue weighted by Crippen LogP contribution is 2.43. The highest BCUT2D eigenvalue weighted by molar-refractivity contribution is 6.54. The minimum absolute atomic E-state index is 0.0266. The Balaban J connectivity index is 1.53. The van der Waals surface area contributed by atoms with Gasteiger partial charge in [-0.3, -0.25) is 14.4 Å². The van der Waals surface area contributed by atoms with Gasteiger partial charge in [0.2, 0.25) is 11.6 Å². The van der Waals surface area contributed by atoms with Crippen LogP contribution >= 0.6 is 0 Å². The Bertz CT molecular complexity index is 1190. The molecule has 2 aliphatic carbocycles. The average Bonchev–Trinajstić information content (AvgIpc) is 3.22. The molecule has 1 atom stereocenters. The van der Waals surface area contributed by atoms with E-state index in [1.54, 1.807) is 13.8 Å². The van der Waals surface area contributed by atoms with Crippen molar-refractivity contribution in [3.63, 3.8) is 0 Å². The summed E-state index contributed by atoms with van der Waals surface area (Å²) in [5.74, 6) is 0.0930. The first kappa shape index (κ1) is 26.3. The van der Waals surface area contributed by atoms with Gasteiger partial charge >= 0.3 is 0 Å². The molecule has 3 heteroatoms. The molecular weight excluding hydrogens is 444 g/mol. The lowest BCUT2D eigenvalue weighted by Crippen LogP contribution is -2.24. The predicted octanol–water partition coefficient (Wildman–Crippen LogP) is 7.47. The lowest BCUT2D eigenvalue weighted by molar-refractivity contribution is -0.135. The Morgan fingerprint density at radius 2 is 1.53 bits per heavy atom. The van der Waals surface area contributed by atoms with E-state index in [1.807, 2.05) is 19.1 Å². The van der Waals surface area contributed by atoms with Crippen molar-refractivity contribution < 1.29 is 14.4 Å². The molecule has 0 bridgehead atoms. The van der Waals surface area contributed by atoms with E-state index in [1.165, 1.54) is 11.1 Å². The van der Waals surface area contributed by atoms with Gasteiger partial charge in [-0.2, -0.15) is 0 Å². The van der Waals surface area contributed by atoms with Crippen molar-refractivity contribution in [2.24, 2.45) is 23.7 Å². The molecule has 2 aliphatic rings. The summed E-state index contributed by atoms with van der Waals surface area (Å²) in [6, 6.07) is 12.8. The van der Waals surface area contributed by atoms with E-state index in [0.717, 1.165) is 54.4 Å². The van der Waals surface area contributed by atoms with Crippen molar-refractivity contribution in [1.82, 2.24) is 0 Å². The number of aryl methyl sites for hydroxylation is 2. The Hall–Kier alpha value is -2.81. The molecule has 0 N–H and O–H groups in total. The zero-order valence-corrected chi connectivity index (χ0v) is 22.7. The van der Waals surface area contributed by atoms with E-state index in [-0.39, 0.29) is 29.3 Å². The van der Waals surface area contributed by atoms with Crippen LogP contribution in [0.1, 0.15) is 97.5 Å². The third kappa shape index (κ3) is 5.31. The molecule has 190 valence electrons. The van der Waals surface area contributed by atoms with E-state index in [9.17, 15) is 14.4 Å². The first-order chi connectivity index (χ1) is 17.1. The molecule has 0 aliphatic heterocycles. The molecule has 0 aromatic heterocycles. The Kier molecular flexibility index (Phi) is 7.78. The van der Waals surface area contributed by atoms with Crippen LogP contribution in [0.3, 0.4) is 0 Å². The number of Topliss-reactive ketones (excluding diaryl/α,β-unsaturated/α-hetero) is 3. The Morgan fingerprint density at radius 1 is 0.889 bits per heavy atom. The van der Waals surface area contributed by atoms with Gasteiger partial charge in [0.1, 0.15) is 0 Å². The van der Waals surface area contributed by atoms with Crippen LogP contribution in [0, 0.1) is 37.5 Å². The highest BCUT2D eigenvalue weighted by Gasteiger charge is 2.35. The number of carbonyl (C=O) groups excluding carboxylic acids is 3. The minimum atomic E-state index is -0.423. The van der Waals surface area contributed by atoms with Crippen LogP contribution in [0.4, 0.5) is 0 Å². The molecule has 4 rings (SSSR count). The number of hydrogen-bond donors (Lipinski definition) is 0. The number of fused-ring (bicyclic) bond motifs is 1. The maximum Gasteiger partial charge on any atom is 0.229 e. The zero-order valence-electron chi connectivity index (χ0n) is 22.7. The quantitative estimate of drug-likeness (QED) is 0.288. The Labute approximate surface area is 216 Å². The van der Waals surface area contributed by atoms with Crippen molar-refractivity contribution in [2.75, 3.05) is 0 Å². The third-order valence-electron chi connectivity index (χ3n) is 8.23. The second-order valence-electron chi connectivity index (χ2n) is 11.7. The molecule has 0 amide bonds. The molecule has 1 fully saturated rings. The summed E-state index contributed by atoms with van der Waals surface area (Å²) >= 11 is 0. The SMILES string of the molecule is Cc1ccc(CC2CCC(C(=O)c3cc4c(cc3C)C(C(C)C)C=C4C(=O)C(=O)C(C)C)CC2)cc1. The summed E-state index contributed by atoms with van der Waals surface area (Å²) in [5.41, 5.74) is 6.70. The normalized spacial score (nSPS) is 21.4. The Morgan fingerprint density at radius 3 is 2.11 bits per heavy atom. The van der Waals surface area contributed by atoms with E-state index in [0.29, 0.717) is 17.4 Å². The van der Waals surface area contributed by atoms with Gasteiger partial charge in [0, 0.05) is 28.9 Å². The second-order valence-corrected chi connectivity index (χ2v) is 11.7. The molecule has 0 saturated heterocycles.